The molecule has 1 aliphatic rings. The zero-order chi connectivity index (χ0) is 10.7. The first-order valence-corrected chi connectivity index (χ1v) is 4.88. The molecular formula is C12H12O3. The van der Waals surface area contributed by atoms with E-state index in [0.29, 0.717) is 25.2 Å². The summed E-state index contributed by atoms with van der Waals surface area (Å²) in [6.07, 6.45) is 2.71. The van der Waals surface area contributed by atoms with Crippen LogP contribution < -0.4 is 0 Å². The van der Waals surface area contributed by atoms with Crippen LogP contribution >= 0.6 is 0 Å². The SMILES string of the molecule is O=C1CCOC(=Cc2ccc(O)cc2)C1. The third kappa shape index (κ3) is 2.59. The van der Waals surface area contributed by atoms with Crippen molar-refractivity contribution in [3.05, 3.63) is 35.6 Å². The van der Waals surface area contributed by atoms with Gasteiger partial charge in [0.25, 0.3) is 0 Å². The molecule has 3 nitrogen and oxygen atoms in total. The van der Waals surface area contributed by atoms with Crippen molar-refractivity contribution in [2.24, 2.45) is 0 Å². The Kier molecular flexibility index (Phi) is 2.72. The predicted octanol–water partition coefficient (Wildman–Crippen LogP) is 2.11. The lowest BCUT2D eigenvalue weighted by Gasteiger charge is -2.14. The molecule has 0 aliphatic carbocycles. The Morgan fingerprint density at radius 2 is 2.00 bits per heavy atom. The molecule has 0 spiro atoms. The molecule has 1 heterocycles. The number of rotatable bonds is 1. The highest BCUT2D eigenvalue weighted by molar-refractivity contribution is 5.82. The van der Waals surface area contributed by atoms with E-state index in [1.165, 1.54) is 0 Å². The molecule has 0 unspecified atom stereocenters. The van der Waals surface area contributed by atoms with Crippen LogP contribution in [0.15, 0.2) is 30.0 Å². The summed E-state index contributed by atoms with van der Waals surface area (Å²) in [6, 6.07) is 6.78. The minimum Gasteiger partial charge on any atom is -0.508 e. The van der Waals surface area contributed by atoms with Gasteiger partial charge in [-0.1, -0.05) is 12.1 Å². The predicted molar refractivity (Wildman–Crippen MR) is 56.3 cm³/mol. The van der Waals surface area contributed by atoms with Gasteiger partial charge in [0.15, 0.2) is 0 Å². The van der Waals surface area contributed by atoms with Crippen LogP contribution in [0.3, 0.4) is 0 Å². The maximum Gasteiger partial charge on any atom is 0.143 e. The third-order valence-corrected chi connectivity index (χ3v) is 2.26. The maximum absolute atomic E-state index is 11.2. The Balaban J connectivity index is 2.15. The van der Waals surface area contributed by atoms with Crippen LogP contribution in [0, 0.1) is 0 Å². The lowest BCUT2D eigenvalue weighted by atomic mass is 10.1. The lowest BCUT2D eigenvalue weighted by molar-refractivity contribution is -0.121. The van der Waals surface area contributed by atoms with Gasteiger partial charge in [0.2, 0.25) is 0 Å². The second kappa shape index (κ2) is 4.17. The Morgan fingerprint density at radius 3 is 2.67 bits per heavy atom. The maximum atomic E-state index is 11.2. The summed E-state index contributed by atoms with van der Waals surface area (Å²) in [5, 5.41) is 9.10. The van der Waals surface area contributed by atoms with Crippen LogP contribution in [-0.4, -0.2) is 17.5 Å². The number of allylic oxidation sites excluding steroid dienone is 1. The van der Waals surface area contributed by atoms with Gasteiger partial charge in [-0.15, -0.1) is 0 Å². The Morgan fingerprint density at radius 1 is 1.27 bits per heavy atom. The van der Waals surface area contributed by atoms with E-state index in [4.69, 9.17) is 9.84 Å². The van der Waals surface area contributed by atoms with Gasteiger partial charge in [-0.3, -0.25) is 4.79 Å². The third-order valence-electron chi connectivity index (χ3n) is 2.26. The van der Waals surface area contributed by atoms with Crippen molar-refractivity contribution in [1.82, 2.24) is 0 Å². The average Bonchev–Trinajstić information content (AvgIpc) is 2.22. The summed E-state index contributed by atoms with van der Waals surface area (Å²) >= 11 is 0. The standard InChI is InChI=1S/C12H12O3/c13-10-3-1-9(2-4-10)7-12-8-11(14)5-6-15-12/h1-4,7,13H,5-6,8H2. The van der Waals surface area contributed by atoms with Gasteiger partial charge in [0.1, 0.15) is 17.3 Å². The van der Waals surface area contributed by atoms with Crippen molar-refractivity contribution in [3.8, 4) is 5.75 Å². The molecule has 1 aromatic rings. The number of ether oxygens (including phenoxy) is 1. The first-order valence-electron chi connectivity index (χ1n) is 4.88. The van der Waals surface area contributed by atoms with Gasteiger partial charge in [0.05, 0.1) is 13.0 Å². The smallest absolute Gasteiger partial charge is 0.143 e. The summed E-state index contributed by atoms with van der Waals surface area (Å²) in [7, 11) is 0. The number of ketones is 1. The molecule has 15 heavy (non-hydrogen) atoms. The van der Waals surface area contributed by atoms with Gasteiger partial charge in [-0.25, -0.2) is 0 Å². The van der Waals surface area contributed by atoms with Crippen LogP contribution in [0.4, 0.5) is 0 Å². The van der Waals surface area contributed by atoms with E-state index in [0.717, 1.165) is 5.56 Å². The number of hydrogen-bond acceptors (Lipinski definition) is 3. The fraction of sp³-hybridized carbons (Fsp3) is 0.250. The quantitative estimate of drug-likeness (QED) is 0.762. The normalized spacial score (nSPS) is 18.9. The first-order chi connectivity index (χ1) is 7.24. The Labute approximate surface area is 88.0 Å². The molecule has 3 heteroatoms. The largest absolute Gasteiger partial charge is 0.508 e. The molecule has 78 valence electrons. The fourth-order valence-corrected chi connectivity index (χ4v) is 1.48. The molecule has 0 bridgehead atoms. The zero-order valence-electron chi connectivity index (χ0n) is 8.27. The van der Waals surface area contributed by atoms with Gasteiger partial charge in [-0.2, -0.15) is 0 Å². The summed E-state index contributed by atoms with van der Waals surface area (Å²) < 4.78 is 5.36. The number of phenolic OH excluding ortho intramolecular Hbond substituents is 1. The molecule has 1 saturated heterocycles. The van der Waals surface area contributed by atoms with E-state index < -0.39 is 0 Å². The van der Waals surface area contributed by atoms with Gasteiger partial charge >= 0.3 is 0 Å². The lowest BCUT2D eigenvalue weighted by Crippen LogP contribution is -2.12. The van der Waals surface area contributed by atoms with Crippen molar-refractivity contribution in [1.29, 1.82) is 0 Å². The molecule has 0 radical (unpaired) electrons. The van der Waals surface area contributed by atoms with E-state index in [1.807, 2.05) is 6.08 Å². The van der Waals surface area contributed by atoms with E-state index in [2.05, 4.69) is 0 Å². The molecule has 1 aliphatic heterocycles. The van der Waals surface area contributed by atoms with E-state index in [1.54, 1.807) is 24.3 Å². The average molecular weight is 204 g/mol. The zero-order valence-corrected chi connectivity index (χ0v) is 8.27. The molecule has 0 amide bonds. The monoisotopic (exact) mass is 204 g/mol. The molecule has 0 saturated carbocycles. The van der Waals surface area contributed by atoms with Gasteiger partial charge < -0.3 is 9.84 Å². The van der Waals surface area contributed by atoms with Crippen molar-refractivity contribution >= 4 is 11.9 Å². The van der Waals surface area contributed by atoms with Crippen LogP contribution in [0.25, 0.3) is 6.08 Å². The molecule has 0 aromatic heterocycles. The second-order valence-electron chi connectivity index (χ2n) is 3.52. The molecule has 1 aromatic carbocycles. The molecular weight excluding hydrogens is 192 g/mol. The Bertz CT molecular complexity index is 390. The number of hydrogen-bond donors (Lipinski definition) is 1. The summed E-state index contributed by atoms with van der Waals surface area (Å²) in [5.74, 6) is 1.15. The highest BCUT2D eigenvalue weighted by atomic mass is 16.5. The first kappa shape index (κ1) is 9.77. The van der Waals surface area contributed by atoms with Crippen molar-refractivity contribution in [3.63, 3.8) is 0 Å². The molecule has 1 N–H and O–H groups in total. The minimum absolute atomic E-state index is 0.214. The number of aromatic hydroxyl groups is 1. The van der Waals surface area contributed by atoms with Crippen molar-refractivity contribution < 1.29 is 14.6 Å². The van der Waals surface area contributed by atoms with Crippen LogP contribution in [0.1, 0.15) is 18.4 Å². The van der Waals surface area contributed by atoms with Gasteiger partial charge in [-0.05, 0) is 23.8 Å². The van der Waals surface area contributed by atoms with Crippen LogP contribution in [0.5, 0.6) is 5.75 Å². The number of phenols is 1. The summed E-state index contributed by atoms with van der Waals surface area (Å²) in [4.78, 5) is 11.2. The topological polar surface area (TPSA) is 46.5 Å². The number of carbonyl (C=O) groups excluding carboxylic acids is 1. The number of carbonyl (C=O) groups is 1. The van der Waals surface area contributed by atoms with Crippen molar-refractivity contribution in [2.75, 3.05) is 6.61 Å². The highest BCUT2D eigenvalue weighted by Crippen LogP contribution is 2.18. The molecule has 2 rings (SSSR count). The Hall–Kier alpha value is -1.77. The molecule has 1 fully saturated rings. The van der Waals surface area contributed by atoms with Crippen LogP contribution in [-0.2, 0) is 9.53 Å². The van der Waals surface area contributed by atoms with Crippen LogP contribution in [0.2, 0.25) is 0 Å². The highest BCUT2D eigenvalue weighted by Gasteiger charge is 2.13. The van der Waals surface area contributed by atoms with E-state index >= 15 is 0 Å². The van der Waals surface area contributed by atoms with E-state index in [-0.39, 0.29) is 11.5 Å². The van der Waals surface area contributed by atoms with Gasteiger partial charge in [0, 0.05) is 6.42 Å². The van der Waals surface area contributed by atoms with E-state index in [9.17, 15) is 4.79 Å². The number of Topliss-reactive ketones (excluding diaryl/α,β-unsaturated/α-hetero) is 1. The summed E-state index contributed by atoms with van der Waals surface area (Å²) in [5.41, 5.74) is 0.928. The number of benzene rings is 1. The minimum atomic E-state index is 0.214. The second-order valence-corrected chi connectivity index (χ2v) is 3.52. The summed E-state index contributed by atoms with van der Waals surface area (Å²) in [6.45, 7) is 0.475. The van der Waals surface area contributed by atoms with Crippen molar-refractivity contribution in [2.45, 2.75) is 12.8 Å². The fourth-order valence-electron chi connectivity index (χ4n) is 1.48. The molecule has 0 atom stereocenters.